The number of aliphatic carboxylic acids is 1. The predicted octanol–water partition coefficient (Wildman–Crippen LogP) is 1.72. The third kappa shape index (κ3) is 1.87. The van der Waals surface area contributed by atoms with Gasteiger partial charge in [0, 0.05) is 10.8 Å². The van der Waals surface area contributed by atoms with Crippen molar-refractivity contribution in [3.63, 3.8) is 0 Å². The van der Waals surface area contributed by atoms with Crippen LogP contribution in [0, 0.1) is 5.92 Å². The summed E-state index contributed by atoms with van der Waals surface area (Å²) in [5, 5.41) is 8.76. The Bertz CT molecular complexity index is 409. The minimum absolute atomic E-state index is 0.0888. The summed E-state index contributed by atoms with van der Waals surface area (Å²) >= 11 is 1.32. The maximum Gasteiger partial charge on any atom is 0.348 e. The molecule has 0 bridgehead atoms. The molecular formula is C10H10O4S. The van der Waals surface area contributed by atoms with E-state index in [9.17, 15) is 9.59 Å². The lowest BCUT2D eigenvalue weighted by Gasteiger charge is -1.93. The van der Waals surface area contributed by atoms with Crippen molar-refractivity contribution >= 4 is 23.3 Å². The molecule has 1 aliphatic rings. The van der Waals surface area contributed by atoms with Crippen molar-refractivity contribution in [1.82, 2.24) is 0 Å². The number of carboxylic acid groups (broad SMARTS) is 1. The Hall–Kier alpha value is -1.36. The summed E-state index contributed by atoms with van der Waals surface area (Å²) in [4.78, 5) is 23.3. The molecule has 80 valence electrons. The van der Waals surface area contributed by atoms with E-state index in [0.29, 0.717) is 11.3 Å². The van der Waals surface area contributed by atoms with Crippen molar-refractivity contribution in [2.45, 2.75) is 12.3 Å². The SMILES string of the molecule is COC(=O)c1ccc([C@@H]2C[C@H]2C(=O)O)s1. The van der Waals surface area contributed by atoms with Crippen LogP contribution in [-0.2, 0) is 9.53 Å². The summed E-state index contributed by atoms with van der Waals surface area (Å²) in [6.07, 6.45) is 0.677. The number of carbonyl (C=O) groups is 2. The zero-order valence-corrected chi connectivity index (χ0v) is 8.91. The van der Waals surface area contributed by atoms with Crippen molar-refractivity contribution in [3.05, 3.63) is 21.9 Å². The molecule has 15 heavy (non-hydrogen) atoms. The summed E-state index contributed by atoms with van der Waals surface area (Å²) < 4.78 is 4.58. The van der Waals surface area contributed by atoms with Gasteiger partial charge in [-0.2, -0.15) is 0 Å². The number of hydrogen-bond acceptors (Lipinski definition) is 4. The molecule has 0 aromatic carbocycles. The molecule has 1 aromatic rings. The standard InChI is InChI=1S/C10H10O4S/c1-14-10(13)8-3-2-7(15-8)5-4-6(5)9(11)12/h2-3,5-6H,4H2,1H3,(H,11,12)/t5-,6-/m1/s1. The third-order valence-corrected chi connectivity index (χ3v) is 3.68. The van der Waals surface area contributed by atoms with Crippen LogP contribution in [0.4, 0.5) is 0 Å². The Labute approximate surface area is 90.5 Å². The highest BCUT2D eigenvalue weighted by atomic mass is 32.1. The van der Waals surface area contributed by atoms with Gasteiger partial charge in [-0.05, 0) is 18.6 Å². The average molecular weight is 226 g/mol. The molecule has 0 aliphatic heterocycles. The number of ether oxygens (including phenoxy) is 1. The normalized spacial score (nSPS) is 23.5. The zero-order valence-electron chi connectivity index (χ0n) is 8.10. The minimum atomic E-state index is -0.756. The molecule has 0 saturated heterocycles. The molecule has 4 nitrogen and oxygen atoms in total. The molecule has 1 aliphatic carbocycles. The smallest absolute Gasteiger partial charge is 0.348 e. The van der Waals surface area contributed by atoms with Crippen molar-refractivity contribution in [1.29, 1.82) is 0 Å². The first-order chi connectivity index (χ1) is 7.13. The Morgan fingerprint density at radius 2 is 2.27 bits per heavy atom. The van der Waals surface area contributed by atoms with Crippen molar-refractivity contribution < 1.29 is 19.4 Å². The number of methoxy groups -OCH3 is 1. The van der Waals surface area contributed by atoms with Crippen LogP contribution in [-0.4, -0.2) is 24.2 Å². The van der Waals surface area contributed by atoms with Gasteiger partial charge in [0.1, 0.15) is 4.88 Å². The van der Waals surface area contributed by atoms with Gasteiger partial charge in [-0.3, -0.25) is 4.79 Å². The van der Waals surface area contributed by atoms with Crippen molar-refractivity contribution in [3.8, 4) is 0 Å². The second-order valence-electron chi connectivity index (χ2n) is 3.48. The van der Waals surface area contributed by atoms with Crippen molar-refractivity contribution in [2.24, 2.45) is 5.92 Å². The van der Waals surface area contributed by atoms with E-state index in [1.54, 1.807) is 6.07 Å². The molecule has 1 heterocycles. The Morgan fingerprint density at radius 3 is 2.80 bits per heavy atom. The number of carboxylic acids is 1. The van der Waals surface area contributed by atoms with Gasteiger partial charge < -0.3 is 9.84 Å². The fourth-order valence-electron chi connectivity index (χ4n) is 1.54. The van der Waals surface area contributed by atoms with Crippen LogP contribution in [0.1, 0.15) is 26.9 Å². The molecule has 2 atom stereocenters. The number of rotatable bonds is 3. The summed E-state index contributed by atoms with van der Waals surface area (Å²) in [6.45, 7) is 0. The van der Waals surface area contributed by atoms with Crippen LogP contribution in [0.15, 0.2) is 12.1 Å². The number of hydrogen-bond donors (Lipinski definition) is 1. The van der Waals surface area contributed by atoms with E-state index in [4.69, 9.17) is 5.11 Å². The number of carbonyl (C=O) groups excluding carboxylic acids is 1. The molecule has 5 heteroatoms. The second kappa shape index (κ2) is 3.66. The fourth-order valence-corrected chi connectivity index (χ4v) is 2.65. The van der Waals surface area contributed by atoms with Crippen LogP contribution < -0.4 is 0 Å². The minimum Gasteiger partial charge on any atom is -0.481 e. The average Bonchev–Trinajstić information content (AvgIpc) is 2.88. The van der Waals surface area contributed by atoms with Gasteiger partial charge in [-0.15, -0.1) is 11.3 Å². The monoisotopic (exact) mass is 226 g/mol. The second-order valence-corrected chi connectivity index (χ2v) is 4.60. The zero-order chi connectivity index (χ0) is 11.0. The van der Waals surface area contributed by atoms with Crippen LogP contribution in [0.2, 0.25) is 0 Å². The number of thiophene rings is 1. The van der Waals surface area contributed by atoms with E-state index in [1.807, 2.05) is 6.07 Å². The van der Waals surface area contributed by atoms with Gasteiger partial charge >= 0.3 is 11.9 Å². The molecule has 2 rings (SSSR count). The van der Waals surface area contributed by atoms with Crippen LogP contribution in [0.25, 0.3) is 0 Å². The molecule has 0 spiro atoms. The van der Waals surface area contributed by atoms with E-state index in [0.717, 1.165) is 4.88 Å². The first-order valence-corrected chi connectivity index (χ1v) is 5.36. The third-order valence-electron chi connectivity index (χ3n) is 2.49. The van der Waals surface area contributed by atoms with E-state index in [1.165, 1.54) is 18.4 Å². The predicted molar refractivity (Wildman–Crippen MR) is 54.1 cm³/mol. The first-order valence-electron chi connectivity index (χ1n) is 4.54. The summed E-state index contributed by atoms with van der Waals surface area (Å²) in [7, 11) is 1.33. The molecule has 0 amide bonds. The van der Waals surface area contributed by atoms with Crippen LogP contribution in [0.5, 0.6) is 0 Å². The van der Waals surface area contributed by atoms with Gasteiger partial charge in [0.15, 0.2) is 0 Å². The highest BCUT2D eigenvalue weighted by Crippen LogP contribution is 2.49. The summed E-state index contributed by atoms with van der Waals surface area (Å²) in [5.41, 5.74) is 0. The van der Waals surface area contributed by atoms with Gasteiger partial charge in [0.05, 0.1) is 13.0 Å². The highest BCUT2D eigenvalue weighted by Gasteiger charge is 2.45. The van der Waals surface area contributed by atoms with Gasteiger partial charge in [0.25, 0.3) is 0 Å². The summed E-state index contributed by atoms with van der Waals surface area (Å²) in [5.74, 6) is -1.30. The molecule has 1 saturated carbocycles. The Balaban J connectivity index is 2.09. The molecule has 0 radical (unpaired) electrons. The van der Waals surface area contributed by atoms with Gasteiger partial charge in [-0.1, -0.05) is 0 Å². The lowest BCUT2D eigenvalue weighted by atomic mass is 10.2. The topological polar surface area (TPSA) is 63.6 Å². The largest absolute Gasteiger partial charge is 0.481 e. The highest BCUT2D eigenvalue weighted by molar-refractivity contribution is 7.14. The van der Waals surface area contributed by atoms with E-state index < -0.39 is 5.97 Å². The van der Waals surface area contributed by atoms with Crippen molar-refractivity contribution in [2.75, 3.05) is 7.11 Å². The molecule has 1 aromatic heterocycles. The van der Waals surface area contributed by atoms with E-state index in [-0.39, 0.29) is 17.8 Å². The lowest BCUT2D eigenvalue weighted by Crippen LogP contribution is -1.98. The molecule has 1 fully saturated rings. The first kappa shape index (κ1) is 10.2. The Morgan fingerprint density at radius 1 is 1.53 bits per heavy atom. The van der Waals surface area contributed by atoms with Gasteiger partial charge in [-0.25, -0.2) is 4.79 Å². The van der Waals surface area contributed by atoms with Crippen LogP contribution in [0.3, 0.4) is 0 Å². The number of esters is 1. The molecule has 1 N–H and O–H groups in total. The Kier molecular flexibility index (Phi) is 2.48. The van der Waals surface area contributed by atoms with Crippen LogP contribution >= 0.6 is 11.3 Å². The van der Waals surface area contributed by atoms with E-state index in [2.05, 4.69) is 4.74 Å². The molecular weight excluding hydrogens is 216 g/mol. The lowest BCUT2D eigenvalue weighted by molar-refractivity contribution is -0.138. The van der Waals surface area contributed by atoms with Gasteiger partial charge in [0.2, 0.25) is 0 Å². The maximum absolute atomic E-state index is 11.2. The fraction of sp³-hybridized carbons (Fsp3) is 0.400. The maximum atomic E-state index is 11.2. The van der Waals surface area contributed by atoms with E-state index >= 15 is 0 Å². The molecule has 0 unspecified atom stereocenters. The quantitative estimate of drug-likeness (QED) is 0.797. The summed E-state index contributed by atoms with van der Waals surface area (Å²) in [6, 6.07) is 3.49.